The highest BCUT2D eigenvalue weighted by atomic mass is 35.5. The van der Waals surface area contributed by atoms with Crippen LogP contribution in [0.1, 0.15) is 5.69 Å². The molecule has 0 aromatic carbocycles. The molecule has 0 radical (unpaired) electrons. The normalized spacial score (nSPS) is 19.7. The van der Waals surface area contributed by atoms with Crippen LogP contribution < -0.4 is 0 Å². The van der Waals surface area contributed by atoms with Crippen molar-refractivity contribution in [2.24, 2.45) is 9.98 Å². The number of rotatable bonds is 1. The Labute approximate surface area is 101 Å². The van der Waals surface area contributed by atoms with Crippen LogP contribution in [-0.2, 0) is 0 Å². The molecule has 0 aliphatic carbocycles. The molecule has 0 fully saturated rings. The lowest BCUT2D eigenvalue weighted by molar-refractivity contribution is 0.257. The molecule has 1 aliphatic rings. The van der Waals surface area contributed by atoms with Gasteiger partial charge in [-0.2, -0.15) is 4.99 Å². The lowest BCUT2D eigenvalue weighted by Crippen LogP contribution is -2.24. The standard InChI is InChI=1S/C11H7ClN4O/c12-7-5-14-11(17)15-10(7)8-6-13-9-3-1-2-4-16(8)9/h1-7H. The summed E-state index contributed by atoms with van der Waals surface area (Å²) in [5.41, 5.74) is 1.97. The van der Waals surface area contributed by atoms with Crippen LogP contribution in [0.4, 0.5) is 4.79 Å². The van der Waals surface area contributed by atoms with Gasteiger partial charge in [0.15, 0.2) is 0 Å². The largest absolute Gasteiger partial charge is 0.367 e. The molecule has 0 N–H and O–H groups in total. The van der Waals surface area contributed by atoms with E-state index in [0.717, 1.165) is 5.65 Å². The Hall–Kier alpha value is -2.01. The predicted octanol–water partition coefficient (Wildman–Crippen LogP) is 1.94. The molecule has 0 saturated carbocycles. The molecule has 17 heavy (non-hydrogen) atoms. The third-order valence-electron chi connectivity index (χ3n) is 2.47. The first-order valence-corrected chi connectivity index (χ1v) is 5.42. The third kappa shape index (κ3) is 1.64. The number of hydrogen-bond acceptors (Lipinski definition) is 2. The van der Waals surface area contributed by atoms with Gasteiger partial charge in [-0.15, -0.1) is 11.6 Å². The van der Waals surface area contributed by atoms with Crippen LogP contribution in [-0.4, -0.2) is 32.7 Å². The van der Waals surface area contributed by atoms with E-state index in [1.165, 1.54) is 6.21 Å². The molecule has 2 aromatic rings. The molecule has 0 bridgehead atoms. The average Bonchev–Trinajstić information content (AvgIpc) is 2.76. The van der Waals surface area contributed by atoms with Gasteiger partial charge in [-0.05, 0) is 12.1 Å². The SMILES string of the molecule is O=C1N=CC(Cl)C(c2cnc3ccccn23)=N1. The van der Waals surface area contributed by atoms with Gasteiger partial charge >= 0.3 is 6.03 Å². The number of carbonyl (C=O) groups excluding carboxylic acids is 1. The van der Waals surface area contributed by atoms with Gasteiger partial charge in [-0.3, -0.25) is 4.40 Å². The highest BCUT2D eigenvalue weighted by molar-refractivity contribution is 6.44. The van der Waals surface area contributed by atoms with E-state index in [4.69, 9.17) is 11.6 Å². The van der Waals surface area contributed by atoms with Crippen molar-refractivity contribution in [1.82, 2.24) is 9.38 Å². The number of pyridine rings is 1. The maximum absolute atomic E-state index is 11.2. The summed E-state index contributed by atoms with van der Waals surface area (Å²) in [6.45, 7) is 0. The summed E-state index contributed by atoms with van der Waals surface area (Å²) in [6, 6.07) is 5.09. The first-order valence-electron chi connectivity index (χ1n) is 4.99. The molecule has 3 heterocycles. The van der Waals surface area contributed by atoms with Gasteiger partial charge in [-0.1, -0.05) is 6.07 Å². The summed E-state index contributed by atoms with van der Waals surface area (Å²) >= 11 is 6.07. The summed E-state index contributed by atoms with van der Waals surface area (Å²) < 4.78 is 1.83. The van der Waals surface area contributed by atoms with Gasteiger partial charge in [0.05, 0.1) is 17.6 Å². The second-order valence-corrected chi connectivity index (χ2v) is 4.00. The van der Waals surface area contributed by atoms with E-state index in [0.29, 0.717) is 11.4 Å². The predicted molar refractivity (Wildman–Crippen MR) is 65.3 cm³/mol. The van der Waals surface area contributed by atoms with Crippen molar-refractivity contribution in [3.8, 4) is 0 Å². The van der Waals surface area contributed by atoms with Crippen LogP contribution >= 0.6 is 11.6 Å². The fraction of sp³-hybridized carbons (Fsp3) is 0.0909. The molecule has 5 nitrogen and oxygen atoms in total. The number of fused-ring (bicyclic) bond motifs is 1. The molecule has 6 heteroatoms. The van der Waals surface area contributed by atoms with Crippen LogP contribution in [0.2, 0.25) is 0 Å². The molecular weight excluding hydrogens is 240 g/mol. The Morgan fingerprint density at radius 2 is 2.24 bits per heavy atom. The van der Waals surface area contributed by atoms with E-state index < -0.39 is 11.4 Å². The molecule has 2 aromatic heterocycles. The average molecular weight is 247 g/mol. The number of aliphatic imine (C=N–C) groups is 2. The molecular formula is C11H7ClN4O. The first kappa shape index (κ1) is 10.2. The lowest BCUT2D eigenvalue weighted by Gasteiger charge is -2.10. The number of nitrogens with zero attached hydrogens (tertiary/aromatic N) is 4. The van der Waals surface area contributed by atoms with Crippen molar-refractivity contribution < 1.29 is 4.79 Å². The fourth-order valence-corrected chi connectivity index (χ4v) is 1.93. The van der Waals surface area contributed by atoms with E-state index in [1.54, 1.807) is 6.20 Å². The zero-order chi connectivity index (χ0) is 11.8. The van der Waals surface area contributed by atoms with Gasteiger partial charge in [-0.25, -0.2) is 14.8 Å². The number of aromatic nitrogens is 2. The van der Waals surface area contributed by atoms with Crippen LogP contribution in [0.5, 0.6) is 0 Å². The molecule has 84 valence electrons. The fourth-order valence-electron chi connectivity index (χ4n) is 1.71. The zero-order valence-electron chi connectivity index (χ0n) is 8.62. The minimum atomic E-state index is -0.539. The van der Waals surface area contributed by atoms with Crippen molar-refractivity contribution in [3.63, 3.8) is 0 Å². The number of urea groups is 1. The third-order valence-corrected chi connectivity index (χ3v) is 2.79. The van der Waals surface area contributed by atoms with Crippen molar-refractivity contribution in [2.45, 2.75) is 5.38 Å². The summed E-state index contributed by atoms with van der Waals surface area (Å²) in [6.07, 6.45) is 4.88. The molecule has 1 unspecified atom stereocenters. The highest BCUT2D eigenvalue weighted by Crippen LogP contribution is 2.14. The number of carbonyl (C=O) groups is 1. The molecule has 0 spiro atoms. The second-order valence-electron chi connectivity index (χ2n) is 3.53. The Balaban J connectivity index is 2.19. The van der Waals surface area contributed by atoms with Gasteiger partial charge in [0.25, 0.3) is 0 Å². The number of amides is 2. The van der Waals surface area contributed by atoms with Gasteiger partial charge in [0, 0.05) is 12.4 Å². The number of imidazole rings is 1. The minimum Gasteiger partial charge on any atom is -0.298 e. The zero-order valence-corrected chi connectivity index (χ0v) is 9.37. The Bertz CT molecular complexity index is 658. The minimum absolute atomic E-state index is 0.477. The van der Waals surface area contributed by atoms with Crippen molar-refractivity contribution in [3.05, 3.63) is 36.3 Å². The van der Waals surface area contributed by atoms with Crippen LogP contribution in [0, 0.1) is 0 Å². The Kier molecular flexibility index (Phi) is 2.26. The van der Waals surface area contributed by atoms with Crippen molar-refractivity contribution in [2.75, 3.05) is 0 Å². The second kappa shape index (κ2) is 3.78. The molecule has 1 aliphatic heterocycles. The number of alkyl halides is 1. The van der Waals surface area contributed by atoms with Gasteiger partial charge in [0.1, 0.15) is 11.0 Å². The summed E-state index contributed by atoms with van der Waals surface area (Å²) in [5.74, 6) is 0. The topological polar surface area (TPSA) is 59.1 Å². The smallest absolute Gasteiger partial charge is 0.298 e. The highest BCUT2D eigenvalue weighted by Gasteiger charge is 2.21. The molecule has 2 amide bonds. The van der Waals surface area contributed by atoms with Crippen molar-refractivity contribution >= 4 is 35.2 Å². The van der Waals surface area contributed by atoms with E-state index in [1.807, 2.05) is 28.8 Å². The van der Waals surface area contributed by atoms with Crippen molar-refractivity contribution in [1.29, 1.82) is 0 Å². The summed E-state index contributed by atoms with van der Waals surface area (Å²) in [5, 5.41) is -0.507. The van der Waals surface area contributed by atoms with Crippen LogP contribution in [0.25, 0.3) is 5.65 Å². The van der Waals surface area contributed by atoms with E-state index in [9.17, 15) is 4.79 Å². The first-order chi connectivity index (χ1) is 8.25. The Morgan fingerprint density at radius 1 is 1.35 bits per heavy atom. The summed E-state index contributed by atoms with van der Waals surface area (Å²) in [7, 11) is 0. The number of hydrogen-bond donors (Lipinski definition) is 0. The van der Waals surface area contributed by atoms with Crippen LogP contribution in [0.3, 0.4) is 0 Å². The van der Waals surface area contributed by atoms with Crippen LogP contribution in [0.15, 0.2) is 40.6 Å². The molecule has 1 atom stereocenters. The Morgan fingerprint density at radius 3 is 3.12 bits per heavy atom. The maximum Gasteiger partial charge on any atom is 0.367 e. The van der Waals surface area contributed by atoms with E-state index >= 15 is 0 Å². The monoisotopic (exact) mass is 246 g/mol. The van der Waals surface area contributed by atoms with E-state index in [-0.39, 0.29) is 0 Å². The van der Waals surface area contributed by atoms with Gasteiger partial charge in [0.2, 0.25) is 0 Å². The molecule has 3 rings (SSSR count). The van der Waals surface area contributed by atoms with Gasteiger partial charge < -0.3 is 0 Å². The maximum atomic E-state index is 11.2. The summed E-state index contributed by atoms with van der Waals surface area (Å²) in [4.78, 5) is 22.8. The molecule has 0 saturated heterocycles. The lowest BCUT2D eigenvalue weighted by atomic mass is 10.2. The number of halogens is 1. The van der Waals surface area contributed by atoms with E-state index in [2.05, 4.69) is 15.0 Å². The quantitative estimate of drug-likeness (QED) is 0.722.